The quantitative estimate of drug-likeness (QED) is 0.714. The lowest BCUT2D eigenvalue weighted by atomic mass is 10.3. The van der Waals surface area contributed by atoms with Crippen LogP contribution in [0.3, 0.4) is 0 Å². The van der Waals surface area contributed by atoms with Crippen LogP contribution in [0.25, 0.3) is 5.52 Å². The normalized spacial score (nSPS) is 19.0. The van der Waals surface area contributed by atoms with Crippen LogP contribution in [0.5, 0.6) is 0 Å². The number of fused-ring (bicyclic) bond motifs is 1. The van der Waals surface area contributed by atoms with E-state index in [-0.39, 0.29) is 0 Å². The molecule has 0 spiro atoms. The minimum Gasteiger partial charge on any atom is -0.595 e. The molecule has 1 atom stereocenters. The number of nitrogens with one attached hydrogen (secondary N) is 1. The summed E-state index contributed by atoms with van der Waals surface area (Å²) >= 11 is 0. The third-order valence-corrected chi connectivity index (χ3v) is 3.54. The van der Waals surface area contributed by atoms with Gasteiger partial charge in [-0.05, 0) is 19.2 Å². The number of aromatic nitrogens is 2. The number of nitrogens with zero attached hydrogens (tertiary/aromatic N) is 4. The largest absolute Gasteiger partial charge is 0.595 e. The summed E-state index contributed by atoms with van der Waals surface area (Å²) in [6.45, 7) is 3.46. The molecule has 7 nitrogen and oxygen atoms in total. The van der Waals surface area contributed by atoms with Crippen molar-refractivity contribution in [3.05, 3.63) is 29.6 Å². The van der Waals surface area contributed by atoms with Gasteiger partial charge in [-0.1, -0.05) is 6.07 Å². The first-order valence-corrected chi connectivity index (χ1v) is 6.31. The fourth-order valence-corrected chi connectivity index (χ4v) is 2.43. The smallest absolute Gasteiger partial charge is 0.234 e. The number of anilines is 1. The highest BCUT2D eigenvalue weighted by Gasteiger charge is 2.25. The molecule has 7 heteroatoms. The van der Waals surface area contributed by atoms with Gasteiger partial charge >= 0.3 is 0 Å². The first-order valence-electron chi connectivity index (χ1n) is 6.31. The van der Waals surface area contributed by atoms with Crippen LogP contribution in [0, 0.1) is 5.21 Å². The summed E-state index contributed by atoms with van der Waals surface area (Å²) in [7, 11) is 2.07. The first-order chi connectivity index (χ1) is 9.16. The van der Waals surface area contributed by atoms with Crippen molar-refractivity contribution < 1.29 is 10.4 Å². The van der Waals surface area contributed by atoms with Crippen LogP contribution in [0.4, 0.5) is 11.5 Å². The van der Waals surface area contributed by atoms with Crippen molar-refractivity contribution in [1.29, 1.82) is 0 Å². The van der Waals surface area contributed by atoms with Gasteiger partial charge in [-0.3, -0.25) is 0 Å². The second kappa shape index (κ2) is 4.78. The van der Waals surface area contributed by atoms with Crippen LogP contribution in [0.15, 0.2) is 24.4 Å². The summed E-state index contributed by atoms with van der Waals surface area (Å²) in [6.07, 6.45) is 1.78. The van der Waals surface area contributed by atoms with E-state index in [1.807, 2.05) is 12.1 Å². The molecule has 0 saturated carbocycles. The first kappa shape index (κ1) is 12.4. The Hall–Kier alpha value is -1.67. The summed E-state index contributed by atoms with van der Waals surface area (Å²) in [5.74, 6) is 0.576. The van der Waals surface area contributed by atoms with Crippen molar-refractivity contribution in [3.8, 4) is 0 Å². The Labute approximate surface area is 110 Å². The number of hydrogen-bond donors (Lipinski definition) is 2. The molecule has 1 aliphatic rings. The van der Waals surface area contributed by atoms with Gasteiger partial charge in [0.05, 0.1) is 0 Å². The van der Waals surface area contributed by atoms with Gasteiger partial charge in [0.1, 0.15) is 5.52 Å². The van der Waals surface area contributed by atoms with Gasteiger partial charge in [-0.25, -0.2) is 9.72 Å². The minimum absolute atomic E-state index is 0.296. The van der Waals surface area contributed by atoms with E-state index in [9.17, 15) is 10.4 Å². The van der Waals surface area contributed by atoms with Crippen LogP contribution in [0.1, 0.15) is 0 Å². The summed E-state index contributed by atoms with van der Waals surface area (Å²) in [6, 6.07) is 5.46. The summed E-state index contributed by atoms with van der Waals surface area (Å²) in [5, 5.41) is 24.5. The molecule has 3 rings (SSSR count). The monoisotopic (exact) mass is 263 g/mol. The van der Waals surface area contributed by atoms with E-state index in [2.05, 4.69) is 21.9 Å². The van der Waals surface area contributed by atoms with Crippen LogP contribution in [0.2, 0.25) is 0 Å². The summed E-state index contributed by atoms with van der Waals surface area (Å²) in [5.41, 5.74) is 0.939. The fourth-order valence-electron chi connectivity index (χ4n) is 2.43. The standard InChI is InChI=1S/C12H17N5O2/c1-14-6-8-15(9-7-14)12-11(17(18)19)10-4-2-3-5-16(10)13-12/h2-5,17-18H,6-9H2,1H3. The Bertz CT molecular complexity index is 575. The molecule has 1 fully saturated rings. The van der Waals surface area contributed by atoms with Gasteiger partial charge in [0.15, 0.2) is 0 Å². The van der Waals surface area contributed by atoms with Crippen molar-refractivity contribution in [1.82, 2.24) is 14.5 Å². The second-order valence-corrected chi connectivity index (χ2v) is 4.82. The molecule has 102 valence electrons. The van der Waals surface area contributed by atoms with Crippen LogP contribution >= 0.6 is 0 Å². The Balaban J connectivity index is 2.05. The van der Waals surface area contributed by atoms with E-state index in [1.165, 1.54) is 0 Å². The topological polar surface area (TPSA) is 71.5 Å². The third kappa shape index (κ3) is 2.17. The Morgan fingerprint density at radius 1 is 1.26 bits per heavy atom. The van der Waals surface area contributed by atoms with Crippen LogP contribution in [-0.4, -0.2) is 52.9 Å². The number of rotatable bonds is 2. The van der Waals surface area contributed by atoms with Gasteiger partial charge < -0.3 is 15.0 Å². The zero-order valence-electron chi connectivity index (χ0n) is 10.8. The van der Waals surface area contributed by atoms with Crippen molar-refractivity contribution in [2.45, 2.75) is 0 Å². The predicted molar refractivity (Wildman–Crippen MR) is 70.7 cm³/mol. The SMILES string of the molecule is CN1CCN(c2nn3ccccc3c2[NH+]([O-])O)CC1. The van der Waals surface area contributed by atoms with E-state index in [4.69, 9.17) is 0 Å². The molecule has 19 heavy (non-hydrogen) atoms. The average Bonchev–Trinajstić information content (AvgIpc) is 2.78. The molecule has 2 N–H and O–H groups in total. The zero-order chi connectivity index (χ0) is 13.4. The molecule has 3 heterocycles. The summed E-state index contributed by atoms with van der Waals surface area (Å²) in [4.78, 5) is 4.28. The van der Waals surface area contributed by atoms with Crippen molar-refractivity contribution in [3.63, 3.8) is 0 Å². The van der Waals surface area contributed by atoms with Gasteiger partial charge in [-0.15, -0.1) is 5.10 Å². The van der Waals surface area contributed by atoms with E-state index in [1.54, 1.807) is 16.8 Å². The third-order valence-electron chi connectivity index (χ3n) is 3.54. The highest BCUT2D eigenvalue weighted by molar-refractivity contribution is 5.76. The van der Waals surface area contributed by atoms with Crippen molar-refractivity contribution >= 4 is 17.0 Å². The lowest BCUT2D eigenvalue weighted by Gasteiger charge is -2.32. The Morgan fingerprint density at radius 2 is 2.00 bits per heavy atom. The molecule has 0 amide bonds. The van der Waals surface area contributed by atoms with E-state index in [0.29, 0.717) is 17.0 Å². The number of hydrogen-bond acceptors (Lipinski definition) is 5. The van der Waals surface area contributed by atoms with Gasteiger partial charge in [0.25, 0.3) is 0 Å². The molecular weight excluding hydrogens is 246 g/mol. The van der Waals surface area contributed by atoms with Crippen molar-refractivity contribution in [2.24, 2.45) is 0 Å². The van der Waals surface area contributed by atoms with E-state index in [0.717, 1.165) is 26.2 Å². The van der Waals surface area contributed by atoms with E-state index < -0.39 is 5.23 Å². The average molecular weight is 263 g/mol. The molecule has 0 aliphatic carbocycles. The Morgan fingerprint density at radius 3 is 2.68 bits per heavy atom. The van der Waals surface area contributed by atoms with Crippen LogP contribution < -0.4 is 10.1 Å². The predicted octanol–water partition coefficient (Wildman–Crippen LogP) is -0.510. The minimum atomic E-state index is -0.921. The highest BCUT2D eigenvalue weighted by atomic mass is 16.8. The molecule has 0 aromatic carbocycles. The molecule has 0 bridgehead atoms. The maximum Gasteiger partial charge on any atom is 0.234 e. The number of pyridine rings is 1. The molecule has 2 aromatic rings. The lowest BCUT2D eigenvalue weighted by molar-refractivity contribution is -0.990. The number of quaternary nitrogens is 1. The van der Waals surface area contributed by atoms with Crippen LogP contribution in [-0.2, 0) is 0 Å². The molecule has 0 radical (unpaired) electrons. The highest BCUT2D eigenvalue weighted by Crippen LogP contribution is 2.26. The van der Waals surface area contributed by atoms with Gasteiger partial charge in [-0.2, -0.15) is 5.23 Å². The molecule has 1 aliphatic heterocycles. The lowest BCUT2D eigenvalue weighted by Crippen LogP contribution is -2.99. The van der Waals surface area contributed by atoms with Gasteiger partial charge in [0, 0.05) is 32.4 Å². The molecule has 1 saturated heterocycles. The maximum atomic E-state index is 11.5. The molecule has 1 unspecified atom stereocenters. The fraction of sp³-hybridized carbons (Fsp3) is 0.417. The van der Waals surface area contributed by atoms with E-state index >= 15 is 0 Å². The zero-order valence-corrected chi connectivity index (χ0v) is 10.8. The van der Waals surface area contributed by atoms with Crippen molar-refractivity contribution in [2.75, 3.05) is 38.1 Å². The summed E-state index contributed by atoms with van der Waals surface area (Å²) < 4.78 is 1.64. The second-order valence-electron chi connectivity index (χ2n) is 4.82. The Kier molecular flexibility index (Phi) is 3.11. The number of piperazine rings is 1. The number of likely N-dealkylation sites (N-methyl/N-ethyl adjacent to an activating group) is 1. The molecular formula is C12H17N5O2. The van der Waals surface area contributed by atoms with Gasteiger partial charge in [0.2, 0.25) is 11.5 Å². The maximum absolute atomic E-state index is 11.5. The molecule has 2 aromatic heterocycles.